The number of esters is 2. The van der Waals surface area contributed by atoms with Crippen molar-refractivity contribution >= 4 is 35.7 Å². The molecule has 0 aliphatic rings. The van der Waals surface area contributed by atoms with Crippen molar-refractivity contribution in [3.8, 4) is 11.5 Å². The van der Waals surface area contributed by atoms with E-state index >= 15 is 0 Å². The fourth-order valence-corrected chi connectivity index (χ4v) is 3.00. The van der Waals surface area contributed by atoms with Crippen molar-refractivity contribution in [1.82, 2.24) is 0 Å². The first-order chi connectivity index (χ1) is 17.2. The molecule has 0 aromatic heterocycles. The molecule has 0 bridgehead atoms. The van der Waals surface area contributed by atoms with Gasteiger partial charge in [0, 0.05) is 0 Å². The SMILES string of the molecule is CCOC(=O)/C(=C\c1ccc(OCCOc2ccc(/C=C(/C(C)=O)C(=O)OCC)cc2)cc1)C(C)=O. The molecule has 36 heavy (non-hydrogen) atoms. The Morgan fingerprint density at radius 3 is 1.22 bits per heavy atom. The van der Waals surface area contributed by atoms with Crippen LogP contribution in [-0.4, -0.2) is 49.9 Å². The number of benzene rings is 2. The van der Waals surface area contributed by atoms with E-state index in [2.05, 4.69) is 0 Å². The number of carbonyl (C=O) groups excluding carboxylic acids is 4. The zero-order valence-electron chi connectivity index (χ0n) is 20.9. The molecule has 0 spiro atoms. The molecule has 0 heterocycles. The number of hydrogen-bond acceptors (Lipinski definition) is 8. The molecule has 0 unspecified atom stereocenters. The van der Waals surface area contributed by atoms with E-state index in [9.17, 15) is 19.2 Å². The van der Waals surface area contributed by atoms with E-state index in [0.29, 0.717) is 22.6 Å². The van der Waals surface area contributed by atoms with E-state index in [-0.39, 0.29) is 49.1 Å². The number of hydrogen-bond donors (Lipinski definition) is 0. The summed E-state index contributed by atoms with van der Waals surface area (Å²) in [5, 5.41) is 0. The van der Waals surface area contributed by atoms with Gasteiger partial charge in [-0.3, -0.25) is 9.59 Å². The second kappa shape index (κ2) is 14.3. The molecule has 8 nitrogen and oxygen atoms in total. The smallest absolute Gasteiger partial charge is 0.341 e. The van der Waals surface area contributed by atoms with Gasteiger partial charge < -0.3 is 18.9 Å². The summed E-state index contributed by atoms with van der Waals surface area (Å²) in [5.74, 6) is -0.823. The molecular weight excluding hydrogens is 464 g/mol. The van der Waals surface area contributed by atoms with Gasteiger partial charge in [0.15, 0.2) is 11.6 Å². The van der Waals surface area contributed by atoms with Gasteiger partial charge in [-0.15, -0.1) is 0 Å². The molecule has 0 fully saturated rings. The predicted molar refractivity (Wildman–Crippen MR) is 134 cm³/mol. The quantitative estimate of drug-likeness (QED) is 0.134. The van der Waals surface area contributed by atoms with Crippen LogP contribution in [0.2, 0.25) is 0 Å². The first-order valence-corrected chi connectivity index (χ1v) is 11.5. The van der Waals surface area contributed by atoms with Gasteiger partial charge in [-0.25, -0.2) is 9.59 Å². The Hall–Kier alpha value is -4.20. The van der Waals surface area contributed by atoms with Crippen molar-refractivity contribution in [2.24, 2.45) is 0 Å². The monoisotopic (exact) mass is 494 g/mol. The lowest BCUT2D eigenvalue weighted by molar-refractivity contribution is -0.141. The number of Topliss-reactive ketones (excluding diaryl/α,β-unsaturated/α-hetero) is 2. The molecule has 2 aromatic rings. The first-order valence-electron chi connectivity index (χ1n) is 11.5. The summed E-state index contributed by atoms with van der Waals surface area (Å²) in [6.45, 7) is 6.95. The maximum Gasteiger partial charge on any atom is 0.341 e. The van der Waals surface area contributed by atoms with Gasteiger partial charge in [0.2, 0.25) is 0 Å². The summed E-state index contributed by atoms with van der Waals surface area (Å²) < 4.78 is 21.2. The number of ketones is 2. The van der Waals surface area contributed by atoms with Gasteiger partial charge in [0.1, 0.15) is 35.9 Å². The minimum atomic E-state index is -0.648. The van der Waals surface area contributed by atoms with E-state index in [1.54, 1.807) is 62.4 Å². The van der Waals surface area contributed by atoms with Crippen LogP contribution in [0.5, 0.6) is 11.5 Å². The summed E-state index contributed by atoms with van der Waals surface area (Å²) in [5.41, 5.74) is 1.31. The second-order valence-corrected chi connectivity index (χ2v) is 7.50. The van der Waals surface area contributed by atoms with E-state index < -0.39 is 11.9 Å². The minimum Gasteiger partial charge on any atom is -0.490 e. The molecule has 0 aliphatic carbocycles. The predicted octanol–water partition coefficient (Wildman–Crippen LogP) is 4.22. The van der Waals surface area contributed by atoms with Gasteiger partial charge in [-0.2, -0.15) is 0 Å². The summed E-state index contributed by atoms with van der Waals surface area (Å²) in [7, 11) is 0. The van der Waals surface area contributed by atoms with E-state index in [1.807, 2.05) is 0 Å². The van der Waals surface area contributed by atoms with Crippen LogP contribution in [0.25, 0.3) is 12.2 Å². The van der Waals surface area contributed by atoms with Crippen LogP contribution in [0.1, 0.15) is 38.8 Å². The number of rotatable bonds is 13. The summed E-state index contributed by atoms with van der Waals surface area (Å²) >= 11 is 0. The molecule has 0 aliphatic heterocycles. The standard InChI is InChI=1S/C28H30O8/c1-5-33-27(31)25(19(3)29)17-21-7-11-23(12-8-21)35-15-16-36-24-13-9-22(10-14-24)18-26(20(4)30)28(32)34-6-2/h7-14,17-18H,5-6,15-16H2,1-4H3/b25-17-,26-18-. The van der Waals surface area contributed by atoms with Crippen LogP contribution in [0, 0.1) is 0 Å². The van der Waals surface area contributed by atoms with E-state index in [4.69, 9.17) is 18.9 Å². The van der Waals surface area contributed by atoms with Crippen LogP contribution in [0.4, 0.5) is 0 Å². The largest absolute Gasteiger partial charge is 0.490 e. The van der Waals surface area contributed by atoms with Gasteiger partial charge in [0.25, 0.3) is 0 Å². The molecule has 0 N–H and O–H groups in total. The highest BCUT2D eigenvalue weighted by Crippen LogP contribution is 2.18. The lowest BCUT2D eigenvalue weighted by Gasteiger charge is -2.09. The van der Waals surface area contributed by atoms with Gasteiger partial charge in [-0.05, 0) is 75.2 Å². The Bertz CT molecular complexity index is 1030. The fourth-order valence-electron chi connectivity index (χ4n) is 3.00. The van der Waals surface area contributed by atoms with Crippen molar-refractivity contribution in [1.29, 1.82) is 0 Å². The van der Waals surface area contributed by atoms with Crippen molar-refractivity contribution in [2.45, 2.75) is 27.7 Å². The maximum absolute atomic E-state index is 11.9. The van der Waals surface area contributed by atoms with Crippen molar-refractivity contribution in [2.75, 3.05) is 26.4 Å². The Morgan fingerprint density at radius 2 is 0.944 bits per heavy atom. The Kier molecular flexibility index (Phi) is 11.1. The number of ether oxygens (including phenoxy) is 4. The fraction of sp³-hybridized carbons (Fsp3) is 0.286. The third-order valence-electron chi connectivity index (χ3n) is 4.75. The van der Waals surface area contributed by atoms with E-state index in [0.717, 1.165) is 0 Å². The maximum atomic E-state index is 11.9. The molecular formula is C28H30O8. The molecule has 0 radical (unpaired) electrons. The lowest BCUT2D eigenvalue weighted by Crippen LogP contribution is -2.13. The summed E-state index contributed by atoms with van der Waals surface area (Å²) in [4.78, 5) is 47.3. The van der Waals surface area contributed by atoms with Crippen molar-refractivity contribution < 1.29 is 38.1 Å². The number of carbonyl (C=O) groups is 4. The van der Waals surface area contributed by atoms with E-state index in [1.165, 1.54) is 26.0 Å². The molecule has 0 atom stereocenters. The van der Waals surface area contributed by atoms with Crippen LogP contribution in [0.15, 0.2) is 59.7 Å². The summed E-state index contributed by atoms with van der Waals surface area (Å²) in [6.07, 6.45) is 2.97. The Labute approximate surface area is 210 Å². The molecule has 190 valence electrons. The van der Waals surface area contributed by atoms with Crippen molar-refractivity contribution in [3.63, 3.8) is 0 Å². The normalized spacial score (nSPS) is 11.4. The highest BCUT2D eigenvalue weighted by Gasteiger charge is 2.16. The molecule has 2 aromatic carbocycles. The van der Waals surface area contributed by atoms with Gasteiger partial charge in [0.05, 0.1) is 13.2 Å². The average molecular weight is 495 g/mol. The third-order valence-corrected chi connectivity index (χ3v) is 4.75. The summed E-state index contributed by atoms with van der Waals surface area (Å²) in [6, 6.07) is 13.8. The third kappa shape index (κ3) is 8.87. The first kappa shape index (κ1) is 28.0. The molecule has 0 amide bonds. The van der Waals surface area contributed by atoms with Crippen LogP contribution < -0.4 is 9.47 Å². The Balaban J connectivity index is 1.89. The Morgan fingerprint density at radius 1 is 0.611 bits per heavy atom. The van der Waals surface area contributed by atoms with Crippen LogP contribution in [-0.2, 0) is 28.7 Å². The lowest BCUT2D eigenvalue weighted by atomic mass is 10.1. The van der Waals surface area contributed by atoms with Crippen LogP contribution in [0.3, 0.4) is 0 Å². The van der Waals surface area contributed by atoms with Crippen LogP contribution >= 0.6 is 0 Å². The zero-order chi connectivity index (χ0) is 26.5. The zero-order valence-corrected chi connectivity index (χ0v) is 20.9. The minimum absolute atomic E-state index is 0.0150. The average Bonchev–Trinajstić information content (AvgIpc) is 2.85. The second-order valence-electron chi connectivity index (χ2n) is 7.50. The van der Waals surface area contributed by atoms with Crippen molar-refractivity contribution in [3.05, 3.63) is 70.8 Å². The topological polar surface area (TPSA) is 105 Å². The highest BCUT2D eigenvalue weighted by molar-refractivity contribution is 6.20. The van der Waals surface area contributed by atoms with Gasteiger partial charge >= 0.3 is 11.9 Å². The molecule has 2 rings (SSSR count). The molecule has 8 heteroatoms. The molecule has 0 saturated heterocycles. The van der Waals surface area contributed by atoms with Gasteiger partial charge in [-0.1, -0.05) is 24.3 Å². The highest BCUT2D eigenvalue weighted by atomic mass is 16.5. The molecule has 0 saturated carbocycles.